The van der Waals surface area contributed by atoms with E-state index in [0.717, 1.165) is 10.4 Å². The van der Waals surface area contributed by atoms with Crippen LogP contribution in [0, 0.1) is 12.3 Å². The smallest absolute Gasteiger partial charge is 0.225 e. The van der Waals surface area contributed by atoms with Crippen LogP contribution < -0.4 is 14.8 Å². The monoisotopic (exact) mass is 453 g/mol. The van der Waals surface area contributed by atoms with Crippen LogP contribution in [0.4, 0.5) is 5.69 Å². The number of fused-ring (bicyclic) bond motifs is 1. The first-order chi connectivity index (χ1) is 14.9. The first kappa shape index (κ1) is 21.0. The minimum atomic E-state index is -3.82. The van der Waals surface area contributed by atoms with Crippen LogP contribution >= 0.6 is 11.3 Å². The van der Waals surface area contributed by atoms with Gasteiger partial charge in [-0.1, -0.05) is 18.1 Å². The molecule has 0 radical (unpaired) electrons. The van der Waals surface area contributed by atoms with Crippen LogP contribution in [0.1, 0.15) is 22.8 Å². The van der Waals surface area contributed by atoms with Gasteiger partial charge in [-0.05, 0) is 42.0 Å². The fourth-order valence-corrected chi connectivity index (χ4v) is 6.41. The third-order valence-electron chi connectivity index (χ3n) is 5.00. The molecular weight excluding hydrogens is 434 g/mol. The highest BCUT2D eigenvalue weighted by Crippen LogP contribution is 2.46. The number of rotatable bonds is 6. The Morgan fingerprint density at radius 1 is 1.19 bits per heavy atom. The molecule has 0 spiro atoms. The molecule has 0 fully saturated rings. The number of terminal acetylenes is 1. The van der Waals surface area contributed by atoms with Crippen LogP contribution in [0.2, 0.25) is 0 Å². The Labute approximate surface area is 184 Å². The van der Waals surface area contributed by atoms with E-state index in [9.17, 15) is 13.2 Å². The molecule has 158 valence electrons. The van der Waals surface area contributed by atoms with Crippen LogP contribution in [0.25, 0.3) is 0 Å². The molecule has 1 N–H and O–H groups in total. The number of hydrogen-bond acceptors (Lipinski definition) is 6. The number of thiophene rings is 1. The molecule has 0 bridgehead atoms. The first-order valence-corrected chi connectivity index (χ1v) is 11.8. The van der Waals surface area contributed by atoms with Crippen LogP contribution in [-0.4, -0.2) is 28.0 Å². The number of nitrogens with one attached hydrogen (secondary N) is 1. The molecule has 1 aromatic heterocycles. The van der Waals surface area contributed by atoms with Crippen LogP contribution in [-0.2, 0) is 14.6 Å². The molecule has 1 aliphatic rings. The van der Waals surface area contributed by atoms with Crippen molar-refractivity contribution in [2.75, 3.05) is 19.0 Å². The lowest BCUT2D eigenvalue weighted by Crippen LogP contribution is -2.23. The van der Waals surface area contributed by atoms with Gasteiger partial charge in [0.1, 0.15) is 23.0 Å². The van der Waals surface area contributed by atoms with E-state index in [2.05, 4.69) is 11.2 Å². The van der Waals surface area contributed by atoms with Crippen molar-refractivity contribution in [3.8, 4) is 23.8 Å². The molecular formula is C23H19NO5S2. The van der Waals surface area contributed by atoms with E-state index in [1.54, 1.807) is 23.6 Å². The van der Waals surface area contributed by atoms with Gasteiger partial charge in [0.2, 0.25) is 15.7 Å². The van der Waals surface area contributed by atoms with Crippen LogP contribution in [0.5, 0.6) is 11.5 Å². The Kier molecular flexibility index (Phi) is 5.72. The van der Waals surface area contributed by atoms with E-state index >= 15 is 0 Å². The molecule has 0 saturated carbocycles. The fourth-order valence-electron chi connectivity index (χ4n) is 3.50. The zero-order valence-corrected chi connectivity index (χ0v) is 18.3. The van der Waals surface area contributed by atoms with Gasteiger partial charge in [-0.3, -0.25) is 4.79 Å². The average molecular weight is 454 g/mol. The molecule has 0 aliphatic carbocycles. The molecule has 6 nitrogen and oxygen atoms in total. The lowest BCUT2D eigenvalue weighted by atomic mass is 9.90. The number of carbonyl (C=O) groups excluding carboxylic acids is 1. The second kappa shape index (κ2) is 8.46. The van der Waals surface area contributed by atoms with Gasteiger partial charge >= 0.3 is 0 Å². The molecule has 8 heteroatoms. The summed E-state index contributed by atoms with van der Waals surface area (Å²) in [7, 11) is -2.30. The Morgan fingerprint density at radius 3 is 2.68 bits per heavy atom. The molecule has 2 aromatic carbocycles. The van der Waals surface area contributed by atoms with Crippen molar-refractivity contribution in [3.63, 3.8) is 0 Å². The van der Waals surface area contributed by atoms with E-state index in [1.807, 2.05) is 18.2 Å². The number of anilines is 1. The minimum absolute atomic E-state index is 0.0930. The van der Waals surface area contributed by atoms with Gasteiger partial charge < -0.3 is 14.8 Å². The number of carbonyl (C=O) groups is 1. The number of hydrogen-bond donors (Lipinski definition) is 1. The molecule has 0 saturated heterocycles. The maximum absolute atomic E-state index is 13.3. The second-order valence-corrected chi connectivity index (χ2v) is 9.72. The zero-order chi connectivity index (χ0) is 22.0. The summed E-state index contributed by atoms with van der Waals surface area (Å²) < 4.78 is 37.1. The molecule has 0 unspecified atom stereocenters. The summed E-state index contributed by atoms with van der Waals surface area (Å²) in [4.78, 5) is 13.5. The van der Waals surface area contributed by atoms with E-state index in [0.29, 0.717) is 17.2 Å². The van der Waals surface area contributed by atoms with Crippen molar-refractivity contribution in [1.82, 2.24) is 0 Å². The van der Waals surface area contributed by atoms with Crippen molar-refractivity contribution in [1.29, 1.82) is 0 Å². The Morgan fingerprint density at radius 2 is 1.97 bits per heavy atom. The Bertz CT molecular complexity index is 1270. The SMILES string of the molecule is C#CCOc1cccc([C@H]2CC(=O)Nc3c(S(=O)(=O)c4ccc(OC)cc4)csc32)c1. The van der Waals surface area contributed by atoms with Gasteiger partial charge in [0.15, 0.2) is 0 Å². The molecule has 1 aliphatic heterocycles. The lowest BCUT2D eigenvalue weighted by Gasteiger charge is -2.24. The van der Waals surface area contributed by atoms with Gasteiger partial charge in [0, 0.05) is 22.6 Å². The first-order valence-electron chi connectivity index (χ1n) is 9.40. The Hall–Kier alpha value is -3.28. The van der Waals surface area contributed by atoms with Crippen LogP contribution in [0.3, 0.4) is 0 Å². The summed E-state index contributed by atoms with van der Waals surface area (Å²) in [6.07, 6.45) is 5.47. The number of amides is 1. The van der Waals surface area contributed by atoms with Crippen molar-refractivity contribution < 1.29 is 22.7 Å². The number of ether oxygens (including phenoxy) is 2. The average Bonchev–Trinajstić information content (AvgIpc) is 3.22. The van der Waals surface area contributed by atoms with Crippen molar-refractivity contribution in [2.45, 2.75) is 22.1 Å². The van der Waals surface area contributed by atoms with Crippen molar-refractivity contribution in [2.24, 2.45) is 0 Å². The number of sulfone groups is 1. The maximum Gasteiger partial charge on any atom is 0.225 e. The van der Waals surface area contributed by atoms with Crippen LogP contribution in [0.15, 0.2) is 63.7 Å². The summed E-state index contributed by atoms with van der Waals surface area (Å²) in [5.74, 6) is 3.07. The second-order valence-electron chi connectivity index (χ2n) is 6.89. The summed E-state index contributed by atoms with van der Waals surface area (Å²) in [6, 6.07) is 13.5. The highest BCUT2D eigenvalue weighted by Gasteiger charge is 2.34. The molecule has 31 heavy (non-hydrogen) atoms. The lowest BCUT2D eigenvalue weighted by molar-refractivity contribution is -0.116. The third kappa shape index (κ3) is 4.02. The summed E-state index contributed by atoms with van der Waals surface area (Å²) in [5.41, 5.74) is 1.21. The molecule has 4 rings (SSSR count). The molecule has 3 aromatic rings. The van der Waals surface area contributed by atoms with Gasteiger partial charge in [0.25, 0.3) is 0 Å². The predicted octanol–water partition coefficient (Wildman–Crippen LogP) is 4.08. The summed E-state index contributed by atoms with van der Waals surface area (Å²) >= 11 is 1.32. The zero-order valence-electron chi connectivity index (χ0n) is 16.6. The normalized spacial score (nSPS) is 15.5. The topological polar surface area (TPSA) is 81.7 Å². The highest BCUT2D eigenvalue weighted by molar-refractivity contribution is 7.91. The molecule has 1 amide bonds. The van der Waals surface area contributed by atoms with Gasteiger partial charge in [0.05, 0.1) is 17.7 Å². The predicted molar refractivity (Wildman–Crippen MR) is 119 cm³/mol. The quantitative estimate of drug-likeness (QED) is 0.569. The van der Waals surface area contributed by atoms with E-state index in [4.69, 9.17) is 15.9 Å². The minimum Gasteiger partial charge on any atom is -0.497 e. The Balaban J connectivity index is 1.74. The maximum atomic E-state index is 13.3. The highest BCUT2D eigenvalue weighted by atomic mass is 32.2. The molecule has 1 atom stereocenters. The number of methoxy groups -OCH3 is 1. The van der Waals surface area contributed by atoms with E-state index in [-0.39, 0.29) is 34.6 Å². The van der Waals surface area contributed by atoms with Crippen molar-refractivity contribution >= 4 is 32.8 Å². The van der Waals surface area contributed by atoms with Crippen molar-refractivity contribution in [3.05, 3.63) is 64.4 Å². The number of benzene rings is 2. The largest absolute Gasteiger partial charge is 0.497 e. The fraction of sp³-hybridized carbons (Fsp3) is 0.174. The van der Waals surface area contributed by atoms with Gasteiger partial charge in [-0.2, -0.15) is 0 Å². The summed E-state index contributed by atoms with van der Waals surface area (Å²) in [5, 5.41) is 4.35. The van der Waals surface area contributed by atoms with E-state index in [1.165, 1.54) is 30.6 Å². The van der Waals surface area contributed by atoms with E-state index < -0.39 is 9.84 Å². The summed E-state index contributed by atoms with van der Waals surface area (Å²) in [6.45, 7) is 0.142. The standard InChI is InChI=1S/C23H19NO5S2/c1-3-11-29-17-6-4-5-15(12-17)19-13-21(25)24-22-20(14-30-23(19)22)31(26,27)18-9-7-16(28-2)8-10-18/h1,4-10,12,14,19H,11,13H2,2H3,(H,24,25)/t19-/m1/s1. The molecule has 2 heterocycles. The van der Waals surface area contributed by atoms with Gasteiger partial charge in [-0.15, -0.1) is 17.8 Å². The third-order valence-corrected chi connectivity index (χ3v) is 8.04. The van der Waals surface area contributed by atoms with Gasteiger partial charge in [-0.25, -0.2) is 8.42 Å².